The Bertz CT molecular complexity index is 255. The minimum Gasteiger partial charge on any atom is -0.481 e. The quantitative estimate of drug-likeness (QED) is 0.631. The molecule has 98 valence electrons. The number of urea groups is 1. The van der Waals surface area contributed by atoms with Gasteiger partial charge in [0.2, 0.25) is 0 Å². The highest BCUT2D eigenvalue weighted by Gasteiger charge is 2.14. The van der Waals surface area contributed by atoms with E-state index in [0.29, 0.717) is 18.3 Å². The van der Waals surface area contributed by atoms with E-state index in [-0.39, 0.29) is 11.8 Å². The number of nitrogens with one attached hydrogen (secondary N) is 2. The maximum atomic E-state index is 11.5. The molecule has 0 aliphatic heterocycles. The summed E-state index contributed by atoms with van der Waals surface area (Å²) in [6.45, 7) is 0.510. The van der Waals surface area contributed by atoms with Crippen molar-refractivity contribution < 1.29 is 14.7 Å². The number of carbonyl (C=O) groups is 2. The summed E-state index contributed by atoms with van der Waals surface area (Å²) in [6.07, 6.45) is 5.80. The van der Waals surface area contributed by atoms with Crippen molar-refractivity contribution in [3.63, 3.8) is 0 Å². The summed E-state index contributed by atoms with van der Waals surface area (Å²) < 4.78 is 0. The number of thioether (sulfide) groups is 1. The molecule has 0 atom stereocenters. The maximum absolute atomic E-state index is 11.5. The Morgan fingerprint density at radius 3 is 2.59 bits per heavy atom. The smallest absolute Gasteiger partial charge is 0.315 e. The monoisotopic (exact) mass is 260 g/mol. The highest BCUT2D eigenvalue weighted by atomic mass is 32.2. The maximum Gasteiger partial charge on any atom is 0.315 e. The van der Waals surface area contributed by atoms with E-state index in [1.807, 2.05) is 0 Å². The molecule has 1 aliphatic carbocycles. The van der Waals surface area contributed by atoms with Crippen molar-refractivity contribution in [2.24, 2.45) is 0 Å². The number of hydrogen-bond acceptors (Lipinski definition) is 3. The molecule has 0 aromatic heterocycles. The van der Waals surface area contributed by atoms with Crippen LogP contribution in [-0.4, -0.2) is 41.2 Å². The van der Waals surface area contributed by atoms with E-state index < -0.39 is 5.97 Å². The van der Waals surface area contributed by atoms with Crippen molar-refractivity contribution in [3.8, 4) is 0 Å². The molecule has 5 nitrogen and oxygen atoms in total. The van der Waals surface area contributed by atoms with Crippen LogP contribution in [0.5, 0.6) is 0 Å². The molecular formula is C11H20N2O3S. The third-order valence-electron chi connectivity index (χ3n) is 2.70. The van der Waals surface area contributed by atoms with Crippen LogP contribution >= 0.6 is 11.8 Å². The Balaban J connectivity index is 1.98. The van der Waals surface area contributed by atoms with Gasteiger partial charge in [0, 0.05) is 18.3 Å². The first-order valence-corrected chi connectivity index (χ1v) is 7.18. The number of carbonyl (C=O) groups excluding carboxylic acids is 1. The molecule has 1 aliphatic rings. The molecule has 0 aromatic rings. The standard InChI is InChI=1S/C11H20N2O3S/c14-10(15)8-17-7-6-12-11(16)13-9-4-2-1-3-5-9/h9H,1-8H2,(H,14,15)(H2,12,13,16). The van der Waals surface area contributed by atoms with Crippen LogP contribution in [0, 0.1) is 0 Å². The molecule has 0 radical (unpaired) electrons. The van der Waals surface area contributed by atoms with Gasteiger partial charge in [-0.05, 0) is 12.8 Å². The van der Waals surface area contributed by atoms with Gasteiger partial charge >= 0.3 is 12.0 Å². The third kappa shape index (κ3) is 7.10. The van der Waals surface area contributed by atoms with Gasteiger partial charge in [0.25, 0.3) is 0 Å². The van der Waals surface area contributed by atoms with E-state index in [4.69, 9.17) is 5.11 Å². The first kappa shape index (κ1) is 14.2. The summed E-state index contributed by atoms with van der Waals surface area (Å²) in [7, 11) is 0. The largest absolute Gasteiger partial charge is 0.481 e. The van der Waals surface area contributed by atoms with E-state index in [1.165, 1.54) is 31.0 Å². The molecule has 0 spiro atoms. The average molecular weight is 260 g/mol. The van der Waals surface area contributed by atoms with Gasteiger partial charge in [0.05, 0.1) is 5.75 Å². The molecule has 2 amide bonds. The fourth-order valence-corrected chi connectivity index (χ4v) is 2.44. The third-order valence-corrected chi connectivity index (χ3v) is 3.64. The normalized spacial score (nSPS) is 16.5. The van der Waals surface area contributed by atoms with Crippen LogP contribution in [0.3, 0.4) is 0 Å². The number of rotatable bonds is 6. The van der Waals surface area contributed by atoms with Crippen LogP contribution < -0.4 is 10.6 Å². The second-order valence-electron chi connectivity index (χ2n) is 4.18. The predicted octanol–water partition coefficient (Wildman–Crippen LogP) is 1.44. The zero-order valence-corrected chi connectivity index (χ0v) is 10.7. The molecule has 1 fully saturated rings. The van der Waals surface area contributed by atoms with Gasteiger partial charge in [-0.25, -0.2) is 4.79 Å². The number of hydrogen-bond donors (Lipinski definition) is 3. The van der Waals surface area contributed by atoms with Crippen LogP contribution in [0.25, 0.3) is 0 Å². The second-order valence-corrected chi connectivity index (χ2v) is 5.29. The summed E-state index contributed by atoms with van der Waals surface area (Å²) in [5.74, 6) is -0.0993. The summed E-state index contributed by atoms with van der Waals surface area (Å²) >= 11 is 1.31. The molecule has 0 aromatic carbocycles. The Morgan fingerprint density at radius 1 is 1.24 bits per heavy atom. The topological polar surface area (TPSA) is 78.4 Å². The molecule has 1 rings (SSSR count). The molecular weight excluding hydrogens is 240 g/mol. The summed E-state index contributed by atoms with van der Waals surface area (Å²) in [5, 5.41) is 14.1. The van der Waals surface area contributed by atoms with Crippen molar-refractivity contribution in [2.75, 3.05) is 18.1 Å². The minimum absolute atomic E-state index is 0.0892. The Morgan fingerprint density at radius 2 is 1.94 bits per heavy atom. The molecule has 17 heavy (non-hydrogen) atoms. The van der Waals surface area contributed by atoms with Gasteiger partial charge in [0.15, 0.2) is 0 Å². The van der Waals surface area contributed by atoms with E-state index in [9.17, 15) is 9.59 Å². The van der Waals surface area contributed by atoms with Crippen LogP contribution in [0.2, 0.25) is 0 Å². The van der Waals surface area contributed by atoms with E-state index >= 15 is 0 Å². The fourth-order valence-electron chi connectivity index (χ4n) is 1.88. The molecule has 6 heteroatoms. The number of amides is 2. The van der Waals surface area contributed by atoms with E-state index in [0.717, 1.165) is 12.8 Å². The molecule has 0 saturated heterocycles. The van der Waals surface area contributed by atoms with Gasteiger partial charge in [-0.15, -0.1) is 11.8 Å². The van der Waals surface area contributed by atoms with Crippen molar-refractivity contribution in [1.82, 2.24) is 10.6 Å². The molecule has 1 saturated carbocycles. The predicted molar refractivity (Wildman–Crippen MR) is 68.4 cm³/mol. The Kier molecular flexibility index (Phi) is 6.84. The van der Waals surface area contributed by atoms with Crippen LogP contribution in [0.15, 0.2) is 0 Å². The summed E-state index contributed by atoms with van der Waals surface area (Å²) in [5.41, 5.74) is 0. The van der Waals surface area contributed by atoms with Gasteiger partial charge in [0.1, 0.15) is 0 Å². The first-order chi connectivity index (χ1) is 8.18. The number of aliphatic carboxylic acids is 1. The van der Waals surface area contributed by atoms with Crippen LogP contribution in [0.4, 0.5) is 4.79 Å². The Hall–Kier alpha value is -0.910. The van der Waals surface area contributed by atoms with Crippen LogP contribution in [0.1, 0.15) is 32.1 Å². The highest BCUT2D eigenvalue weighted by Crippen LogP contribution is 2.17. The average Bonchev–Trinajstić information content (AvgIpc) is 2.29. The lowest BCUT2D eigenvalue weighted by Crippen LogP contribution is -2.43. The van der Waals surface area contributed by atoms with Crippen molar-refractivity contribution in [1.29, 1.82) is 0 Å². The van der Waals surface area contributed by atoms with E-state index in [1.54, 1.807) is 0 Å². The zero-order valence-electron chi connectivity index (χ0n) is 9.91. The Labute approximate surface area is 106 Å². The van der Waals surface area contributed by atoms with Crippen molar-refractivity contribution >= 4 is 23.8 Å². The fraction of sp³-hybridized carbons (Fsp3) is 0.818. The second kappa shape index (κ2) is 8.22. The number of carboxylic acids is 1. The summed E-state index contributed by atoms with van der Waals surface area (Å²) in [6, 6.07) is 0.184. The SMILES string of the molecule is O=C(O)CSCCNC(=O)NC1CCCCC1. The molecule has 0 bridgehead atoms. The molecule has 0 unspecified atom stereocenters. The highest BCUT2D eigenvalue weighted by molar-refractivity contribution is 7.99. The van der Waals surface area contributed by atoms with Crippen LogP contribution in [-0.2, 0) is 4.79 Å². The van der Waals surface area contributed by atoms with E-state index in [2.05, 4.69) is 10.6 Å². The lowest BCUT2D eigenvalue weighted by Gasteiger charge is -2.22. The van der Waals surface area contributed by atoms with Gasteiger partial charge < -0.3 is 15.7 Å². The summed E-state index contributed by atoms with van der Waals surface area (Å²) in [4.78, 5) is 21.7. The van der Waals surface area contributed by atoms with Crippen molar-refractivity contribution in [2.45, 2.75) is 38.1 Å². The van der Waals surface area contributed by atoms with Gasteiger partial charge in [-0.2, -0.15) is 0 Å². The minimum atomic E-state index is -0.818. The lowest BCUT2D eigenvalue weighted by atomic mass is 9.96. The first-order valence-electron chi connectivity index (χ1n) is 6.02. The van der Waals surface area contributed by atoms with Gasteiger partial charge in [-0.3, -0.25) is 4.79 Å². The number of carboxylic acid groups (broad SMARTS) is 1. The molecule has 0 heterocycles. The lowest BCUT2D eigenvalue weighted by molar-refractivity contribution is -0.133. The molecule has 3 N–H and O–H groups in total. The van der Waals surface area contributed by atoms with Crippen molar-refractivity contribution in [3.05, 3.63) is 0 Å². The zero-order chi connectivity index (χ0) is 12.5. The van der Waals surface area contributed by atoms with Gasteiger partial charge in [-0.1, -0.05) is 19.3 Å².